The van der Waals surface area contributed by atoms with Gasteiger partial charge in [0.2, 0.25) is 0 Å². The summed E-state index contributed by atoms with van der Waals surface area (Å²) in [5, 5.41) is 24.0. The maximum atomic E-state index is 14.0. The Bertz CT molecular complexity index is 1190. The van der Waals surface area contributed by atoms with E-state index < -0.39 is 0 Å². The van der Waals surface area contributed by atoms with E-state index in [1.165, 1.54) is 11.1 Å². The predicted octanol–water partition coefficient (Wildman–Crippen LogP) is 5.14. The Hall–Kier alpha value is -1.48. The average Bonchev–Trinajstić information content (AvgIpc) is 3.30. The van der Waals surface area contributed by atoms with E-state index in [0.717, 1.165) is 81.4 Å². The minimum absolute atomic E-state index is 0.0564. The van der Waals surface area contributed by atoms with Gasteiger partial charge in [-0.3, -0.25) is 9.79 Å². The van der Waals surface area contributed by atoms with Crippen molar-refractivity contribution in [3.8, 4) is 0 Å². The Balaban J connectivity index is 1.34. The number of nitrogens with zero attached hydrogens (tertiary/aromatic N) is 1. The fraction of sp³-hybridized carbons (Fsp3) is 0.697. The van der Waals surface area contributed by atoms with E-state index in [1.54, 1.807) is 0 Å². The van der Waals surface area contributed by atoms with Crippen molar-refractivity contribution < 1.29 is 15.0 Å². The third-order valence-corrected chi connectivity index (χ3v) is 14.4. The van der Waals surface area contributed by atoms with Crippen LogP contribution in [0.15, 0.2) is 46.5 Å². The van der Waals surface area contributed by atoms with E-state index in [4.69, 9.17) is 5.73 Å². The number of guanidine groups is 1. The summed E-state index contributed by atoms with van der Waals surface area (Å²) in [6.45, 7) is 3.56. The van der Waals surface area contributed by atoms with Crippen molar-refractivity contribution in [1.82, 2.24) is 5.32 Å². The van der Waals surface area contributed by atoms with E-state index in [0.29, 0.717) is 30.0 Å². The maximum Gasteiger partial charge on any atom is 0.189 e. The molecule has 5 N–H and O–H groups in total. The summed E-state index contributed by atoms with van der Waals surface area (Å²) < 4.78 is 0. The molecule has 2 saturated carbocycles. The zero-order valence-corrected chi connectivity index (χ0v) is 26.1. The van der Waals surface area contributed by atoms with Gasteiger partial charge in [-0.15, -0.1) is 0 Å². The lowest BCUT2D eigenvalue weighted by Crippen LogP contribution is -2.61. The standard InChI is InChI=1S/C33H47N3O3S2/c1-31-12-14-40-41-21-32(25(19-35-30(34)36-32)15-22-7-3-2-4-8-22)11-5-9-26-28-17-24(31)16-23(20-38)27(10-6-13-37)33(28,31)18-29(26)39/h2-4,7-8,23-25,27,37-38H,5-6,9-21H2,1H3,(H3,34,35,36)/t23-,24-,25+,27-,31+,32-,33+/m1/s1. The van der Waals surface area contributed by atoms with E-state index in [2.05, 4.69) is 47.6 Å². The van der Waals surface area contributed by atoms with Gasteiger partial charge in [0, 0.05) is 49.0 Å². The summed E-state index contributed by atoms with van der Waals surface area (Å²) in [6.07, 6.45) is 9.07. The molecule has 1 aromatic rings. The number of rotatable bonds is 6. The highest BCUT2D eigenvalue weighted by atomic mass is 33.1. The molecular weight excluding hydrogens is 551 g/mol. The topological polar surface area (TPSA) is 108 Å². The Kier molecular flexibility index (Phi) is 8.58. The molecule has 7 atom stereocenters. The van der Waals surface area contributed by atoms with E-state index in [9.17, 15) is 15.0 Å². The number of hydrogen-bond acceptors (Lipinski definition) is 8. The monoisotopic (exact) mass is 597 g/mol. The molecule has 2 spiro atoms. The molecule has 8 heteroatoms. The van der Waals surface area contributed by atoms with E-state index in [1.807, 2.05) is 21.6 Å². The molecule has 6 rings (SSSR count). The predicted molar refractivity (Wildman–Crippen MR) is 170 cm³/mol. The zero-order chi connectivity index (χ0) is 28.7. The maximum absolute atomic E-state index is 14.0. The van der Waals surface area contributed by atoms with Crippen LogP contribution in [-0.2, 0) is 11.2 Å². The highest BCUT2D eigenvalue weighted by Gasteiger charge is 2.69. The number of aliphatic hydroxyl groups excluding tert-OH is 2. The number of nitrogens with one attached hydrogen (secondary N) is 1. The van der Waals surface area contributed by atoms with Crippen molar-refractivity contribution in [2.75, 3.05) is 31.3 Å². The van der Waals surface area contributed by atoms with Crippen LogP contribution in [0.4, 0.5) is 0 Å². The number of benzene rings is 1. The molecule has 0 saturated heterocycles. The smallest absolute Gasteiger partial charge is 0.189 e. The molecule has 41 heavy (non-hydrogen) atoms. The number of carbonyl (C=O) groups is 1. The lowest BCUT2D eigenvalue weighted by atomic mass is 9.47. The Labute approximate surface area is 253 Å². The van der Waals surface area contributed by atoms with Gasteiger partial charge in [0.05, 0.1) is 5.54 Å². The molecule has 2 aliphatic heterocycles. The SMILES string of the molecule is C[C@]12CCSSC[C@@]3(CCCC4=C5C[C@H]1C[C@H](CO)[C@@H](CCCO)[C@@]52CC4=O)NC(N)=NC[C@@H]3Cc1ccccc1. The van der Waals surface area contributed by atoms with Gasteiger partial charge >= 0.3 is 0 Å². The Morgan fingerprint density at radius 3 is 2.78 bits per heavy atom. The molecule has 5 aliphatic rings. The number of carbonyl (C=O) groups excluding carboxylic acids is 1. The molecule has 5 bridgehead atoms. The van der Waals surface area contributed by atoms with Crippen LogP contribution in [0.5, 0.6) is 0 Å². The number of allylic oxidation sites excluding steroid dienone is 2. The first kappa shape index (κ1) is 29.6. The zero-order valence-electron chi connectivity index (χ0n) is 24.4. The normalized spacial score (nSPS) is 39.1. The second kappa shape index (κ2) is 11.9. The summed E-state index contributed by atoms with van der Waals surface area (Å²) in [5.74, 6) is 4.25. The summed E-state index contributed by atoms with van der Waals surface area (Å²) in [5.41, 5.74) is 9.97. The van der Waals surface area contributed by atoms with Crippen LogP contribution in [0.2, 0.25) is 0 Å². The highest BCUT2D eigenvalue weighted by molar-refractivity contribution is 8.76. The van der Waals surface area contributed by atoms with Crippen LogP contribution in [0, 0.1) is 34.5 Å². The number of Topliss-reactive ketones (excluding diaryl/α,β-unsaturated/α-hetero) is 1. The Morgan fingerprint density at radius 2 is 2.00 bits per heavy atom. The highest BCUT2D eigenvalue weighted by Crippen LogP contribution is 2.75. The molecule has 2 fully saturated rings. The minimum Gasteiger partial charge on any atom is -0.396 e. The molecule has 6 nitrogen and oxygen atoms in total. The number of nitrogens with two attached hydrogens (primary N) is 1. The number of aliphatic imine (C=N–C) groups is 1. The van der Waals surface area contributed by atoms with Crippen molar-refractivity contribution in [1.29, 1.82) is 0 Å². The van der Waals surface area contributed by atoms with Crippen LogP contribution in [0.1, 0.15) is 70.3 Å². The van der Waals surface area contributed by atoms with E-state index >= 15 is 0 Å². The largest absolute Gasteiger partial charge is 0.396 e. The van der Waals surface area contributed by atoms with Crippen molar-refractivity contribution >= 4 is 33.3 Å². The van der Waals surface area contributed by atoms with Crippen LogP contribution in [-0.4, -0.2) is 58.8 Å². The summed E-state index contributed by atoms with van der Waals surface area (Å²) in [4.78, 5) is 18.6. The quantitative estimate of drug-likeness (QED) is 0.337. The first-order chi connectivity index (χ1) is 19.9. The van der Waals surface area contributed by atoms with Crippen LogP contribution in [0.3, 0.4) is 0 Å². The lowest BCUT2D eigenvalue weighted by Gasteiger charge is -2.57. The van der Waals surface area contributed by atoms with E-state index in [-0.39, 0.29) is 41.4 Å². The average molecular weight is 598 g/mol. The van der Waals surface area contributed by atoms with Gasteiger partial charge in [-0.1, -0.05) is 64.4 Å². The first-order valence-corrected chi connectivity index (χ1v) is 18.2. The van der Waals surface area contributed by atoms with Crippen molar-refractivity contribution in [2.24, 2.45) is 45.2 Å². The second-order valence-electron chi connectivity index (χ2n) is 13.6. The molecule has 0 unspecified atom stereocenters. The molecule has 0 radical (unpaired) electrons. The Morgan fingerprint density at radius 1 is 1.17 bits per heavy atom. The molecular formula is C33H47N3O3S2. The first-order valence-electron chi connectivity index (χ1n) is 15.7. The fourth-order valence-electron chi connectivity index (χ4n) is 9.83. The number of ketones is 1. The molecule has 0 amide bonds. The minimum atomic E-state index is -0.164. The molecule has 224 valence electrons. The van der Waals surface area contributed by atoms with Gasteiger partial charge in [-0.25, -0.2) is 0 Å². The van der Waals surface area contributed by atoms with Crippen molar-refractivity contribution in [2.45, 2.75) is 76.7 Å². The number of aliphatic hydroxyl groups is 2. The van der Waals surface area contributed by atoms with Crippen LogP contribution in [0.25, 0.3) is 0 Å². The van der Waals surface area contributed by atoms with Gasteiger partial charge in [-0.05, 0) is 92.1 Å². The fourth-order valence-corrected chi connectivity index (χ4v) is 12.7. The lowest BCUT2D eigenvalue weighted by molar-refractivity contribution is -0.125. The van der Waals surface area contributed by atoms with Gasteiger partial charge in [0.25, 0.3) is 0 Å². The summed E-state index contributed by atoms with van der Waals surface area (Å²) in [7, 11) is 3.96. The van der Waals surface area contributed by atoms with Gasteiger partial charge in [-0.2, -0.15) is 0 Å². The van der Waals surface area contributed by atoms with Crippen LogP contribution >= 0.6 is 21.6 Å². The second-order valence-corrected chi connectivity index (χ2v) is 16.2. The van der Waals surface area contributed by atoms with Gasteiger partial charge in [0.15, 0.2) is 11.7 Å². The molecule has 3 aliphatic carbocycles. The summed E-state index contributed by atoms with van der Waals surface area (Å²) in [6, 6.07) is 10.7. The molecule has 0 aromatic heterocycles. The number of hydrogen-bond donors (Lipinski definition) is 4. The van der Waals surface area contributed by atoms with Gasteiger partial charge in [0.1, 0.15) is 0 Å². The third-order valence-electron chi connectivity index (χ3n) is 11.9. The third kappa shape index (κ3) is 4.98. The van der Waals surface area contributed by atoms with Gasteiger partial charge < -0.3 is 21.3 Å². The van der Waals surface area contributed by atoms with Crippen molar-refractivity contribution in [3.05, 3.63) is 47.0 Å². The van der Waals surface area contributed by atoms with Crippen LogP contribution < -0.4 is 11.1 Å². The summed E-state index contributed by atoms with van der Waals surface area (Å²) >= 11 is 0. The molecule has 2 heterocycles. The van der Waals surface area contributed by atoms with Crippen molar-refractivity contribution in [3.63, 3.8) is 0 Å². The molecule has 1 aromatic carbocycles.